The standard InChI is InChI=1S/C25H18N4O6/c1-32-17-4-2-3-14(9-17)12-29-24(30)18-7-5-16(10-19(18)26-25(29)31)23-27-22(28-35-23)15-6-8-20-21(11-15)34-13-33-20/h2-11H,12-13H2,1H3,(H,26,31). The molecule has 0 saturated heterocycles. The van der Waals surface area contributed by atoms with Gasteiger partial charge in [0.1, 0.15) is 5.75 Å². The summed E-state index contributed by atoms with van der Waals surface area (Å²) in [6.07, 6.45) is 0. The van der Waals surface area contributed by atoms with Crippen molar-refractivity contribution in [1.29, 1.82) is 0 Å². The molecule has 0 aliphatic carbocycles. The Bertz CT molecular complexity index is 1700. The van der Waals surface area contributed by atoms with Crippen LogP contribution in [0.5, 0.6) is 17.2 Å². The minimum Gasteiger partial charge on any atom is -0.497 e. The lowest BCUT2D eigenvalue weighted by Gasteiger charge is -2.08. The van der Waals surface area contributed by atoms with E-state index in [1.165, 1.54) is 0 Å². The zero-order valence-corrected chi connectivity index (χ0v) is 18.5. The van der Waals surface area contributed by atoms with Crippen LogP contribution < -0.4 is 25.5 Å². The van der Waals surface area contributed by atoms with Crippen molar-refractivity contribution in [1.82, 2.24) is 19.7 Å². The van der Waals surface area contributed by atoms with Gasteiger partial charge in [0, 0.05) is 11.1 Å². The zero-order chi connectivity index (χ0) is 23.9. The number of hydrogen-bond acceptors (Lipinski definition) is 8. The van der Waals surface area contributed by atoms with Gasteiger partial charge in [-0.15, -0.1) is 0 Å². The van der Waals surface area contributed by atoms with Crippen LogP contribution in [0.2, 0.25) is 0 Å². The molecular weight excluding hydrogens is 452 g/mol. The van der Waals surface area contributed by atoms with Gasteiger partial charge in [-0.2, -0.15) is 4.98 Å². The minimum atomic E-state index is -0.519. The molecule has 0 bridgehead atoms. The van der Waals surface area contributed by atoms with Gasteiger partial charge in [-0.1, -0.05) is 17.3 Å². The summed E-state index contributed by atoms with van der Waals surface area (Å²) in [5.74, 6) is 2.55. The molecule has 0 atom stereocenters. The molecule has 6 rings (SSSR count). The fourth-order valence-corrected chi connectivity index (χ4v) is 3.98. The highest BCUT2D eigenvalue weighted by molar-refractivity contribution is 5.82. The predicted octanol–water partition coefficient (Wildman–Crippen LogP) is 3.19. The number of fused-ring (bicyclic) bond motifs is 2. The number of aromatic amines is 1. The maximum atomic E-state index is 13.1. The van der Waals surface area contributed by atoms with Crippen LogP contribution in [0.15, 0.2) is 74.8 Å². The third-order valence-electron chi connectivity index (χ3n) is 5.76. The van der Waals surface area contributed by atoms with Crippen LogP contribution in [0.4, 0.5) is 0 Å². The van der Waals surface area contributed by atoms with E-state index >= 15 is 0 Å². The third-order valence-corrected chi connectivity index (χ3v) is 5.76. The lowest BCUT2D eigenvalue weighted by atomic mass is 10.1. The first kappa shape index (κ1) is 20.7. The van der Waals surface area contributed by atoms with Crippen molar-refractivity contribution in [2.75, 3.05) is 13.9 Å². The molecule has 174 valence electrons. The Morgan fingerprint density at radius 3 is 2.74 bits per heavy atom. The molecule has 0 radical (unpaired) electrons. The highest BCUT2D eigenvalue weighted by Crippen LogP contribution is 2.35. The van der Waals surface area contributed by atoms with Crippen molar-refractivity contribution in [3.05, 3.63) is 87.1 Å². The number of ether oxygens (including phenoxy) is 3. The number of aromatic nitrogens is 4. The summed E-state index contributed by atoms with van der Waals surface area (Å²) in [7, 11) is 1.56. The van der Waals surface area contributed by atoms with Gasteiger partial charge < -0.3 is 23.7 Å². The van der Waals surface area contributed by atoms with Crippen LogP contribution >= 0.6 is 0 Å². The molecule has 0 fully saturated rings. The van der Waals surface area contributed by atoms with E-state index in [9.17, 15) is 9.59 Å². The van der Waals surface area contributed by atoms with E-state index in [4.69, 9.17) is 18.7 Å². The Morgan fingerprint density at radius 2 is 1.86 bits per heavy atom. The lowest BCUT2D eigenvalue weighted by molar-refractivity contribution is 0.174. The van der Waals surface area contributed by atoms with E-state index in [-0.39, 0.29) is 19.2 Å². The van der Waals surface area contributed by atoms with Gasteiger partial charge >= 0.3 is 5.69 Å². The largest absolute Gasteiger partial charge is 0.497 e. The molecule has 3 heterocycles. The van der Waals surface area contributed by atoms with Crippen molar-refractivity contribution >= 4 is 10.9 Å². The number of nitrogens with one attached hydrogen (secondary N) is 1. The van der Waals surface area contributed by atoms with E-state index < -0.39 is 11.2 Å². The van der Waals surface area contributed by atoms with Gasteiger partial charge in [0.2, 0.25) is 12.6 Å². The van der Waals surface area contributed by atoms with Crippen LogP contribution in [0, 0.1) is 0 Å². The van der Waals surface area contributed by atoms with Crippen molar-refractivity contribution in [2.45, 2.75) is 6.54 Å². The predicted molar refractivity (Wildman–Crippen MR) is 126 cm³/mol. The van der Waals surface area contributed by atoms with Crippen LogP contribution in [-0.4, -0.2) is 33.6 Å². The normalized spacial score (nSPS) is 12.3. The Labute approximate surface area is 197 Å². The molecule has 5 aromatic rings. The average molecular weight is 470 g/mol. The number of H-pyrrole nitrogens is 1. The first-order valence-corrected chi connectivity index (χ1v) is 10.7. The quantitative estimate of drug-likeness (QED) is 0.416. The van der Waals surface area contributed by atoms with Crippen molar-refractivity contribution in [3.63, 3.8) is 0 Å². The van der Waals surface area contributed by atoms with Gasteiger partial charge in [0.25, 0.3) is 11.4 Å². The average Bonchev–Trinajstić information content (AvgIpc) is 3.56. The second-order valence-corrected chi connectivity index (χ2v) is 7.92. The summed E-state index contributed by atoms with van der Waals surface area (Å²) in [4.78, 5) is 33.1. The number of hydrogen-bond donors (Lipinski definition) is 1. The highest BCUT2D eigenvalue weighted by atomic mass is 16.7. The van der Waals surface area contributed by atoms with E-state index in [0.717, 1.165) is 10.1 Å². The number of nitrogens with zero attached hydrogens (tertiary/aromatic N) is 3. The van der Waals surface area contributed by atoms with Crippen LogP contribution in [0.3, 0.4) is 0 Å². The fraction of sp³-hybridized carbons (Fsp3) is 0.120. The molecule has 10 heteroatoms. The van der Waals surface area contributed by atoms with Crippen LogP contribution in [0.1, 0.15) is 5.56 Å². The molecule has 0 saturated carbocycles. The monoisotopic (exact) mass is 470 g/mol. The fourth-order valence-electron chi connectivity index (χ4n) is 3.98. The molecule has 2 aromatic heterocycles. The van der Waals surface area contributed by atoms with E-state index in [1.54, 1.807) is 49.6 Å². The molecule has 35 heavy (non-hydrogen) atoms. The summed E-state index contributed by atoms with van der Waals surface area (Å²) in [6, 6.07) is 17.6. The van der Waals surface area contributed by atoms with Gasteiger partial charge in [0.05, 0.1) is 24.6 Å². The molecule has 1 aliphatic rings. The summed E-state index contributed by atoms with van der Waals surface area (Å²) < 4.78 is 22.5. The van der Waals surface area contributed by atoms with Crippen molar-refractivity contribution < 1.29 is 18.7 Å². The Kier molecular flexibility index (Phi) is 4.84. The first-order chi connectivity index (χ1) is 17.1. The zero-order valence-electron chi connectivity index (χ0n) is 18.5. The SMILES string of the molecule is COc1cccc(Cn2c(=O)[nH]c3cc(-c4nc(-c5ccc6c(c5)OCO6)no4)ccc3c2=O)c1. The van der Waals surface area contributed by atoms with Crippen molar-refractivity contribution in [2.24, 2.45) is 0 Å². The lowest BCUT2D eigenvalue weighted by Crippen LogP contribution is -2.35. The maximum Gasteiger partial charge on any atom is 0.329 e. The van der Waals surface area contributed by atoms with Gasteiger partial charge in [-0.25, -0.2) is 4.79 Å². The number of rotatable bonds is 5. The molecule has 3 aromatic carbocycles. The van der Waals surface area contributed by atoms with E-state index in [0.29, 0.717) is 45.1 Å². The topological polar surface area (TPSA) is 121 Å². The molecular formula is C25H18N4O6. The van der Waals surface area contributed by atoms with E-state index in [1.807, 2.05) is 18.2 Å². The number of methoxy groups -OCH3 is 1. The Hall–Kier alpha value is -4.86. The van der Waals surface area contributed by atoms with Crippen LogP contribution in [0.25, 0.3) is 33.7 Å². The summed E-state index contributed by atoms with van der Waals surface area (Å²) in [5.41, 5.74) is 1.51. The highest BCUT2D eigenvalue weighted by Gasteiger charge is 2.18. The third kappa shape index (κ3) is 3.70. The molecule has 1 aliphatic heterocycles. The second kappa shape index (κ2) is 8.17. The van der Waals surface area contributed by atoms with Crippen LogP contribution in [-0.2, 0) is 6.54 Å². The first-order valence-electron chi connectivity index (χ1n) is 10.7. The van der Waals surface area contributed by atoms with Gasteiger partial charge in [-0.05, 0) is 54.1 Å². The summed E-state index contributed by atoms with van der Waals surface area (Å²) in [6.45, 7) is 0.290. The maximum absolute atomic E-state index is 13.1. The summed E-state index contributed by atoms with van der Waals surface area (Å²) in [5, 5.41) is 4.42. The summed E-state index contributed by atoms with van der Waals surface area (Å²) >= 11 is 0. The number of benzene rings is 3. The molecule has 0 amide bonds. The van der Waals surface area contributed by atoms with Crippen molar-refractivity contribution in [3.8, 4) is 40.1 Å². The Balaban J connectivity index is 1.34. The van der Waals surface area contributed by atoms with Gasteiger partial charge in [-0.3, -0.25) is 9.36 Å². The molecule has 1 N–H and O–H groups in total. The van der Waals surface area contributed by atoms with Gasteiger partial charge in [0.15, 0.2) is 11.5 Å². The molecule has 0 spiro atoms. The van der Waals surface area contributed by atoms with E-state index in [2.05, 4.69) is 15.1 Å². The second-order valence-electron chi connectivity index (χ2n) is 7.92. The Morgan fingerprint density at radius 1 is 1.00 bits per heavy atom. The smallest absolute Gasteiger partial charge is 0.329 e. The molecule has 10 nitrogen and oxygen atoms in total. The minimum absolute atomic E-state index is 0.117. The molecule has 0 unspecified atom stereocenters.